The number of benzene rings is 1. The summed E-state index contributed by atoms with van der Waals surface area (Å²) in [6, 6.07) is 5.17. The van der Waals surface area contributed by atoms with Gasteiger partial charge in [-0.1, -0.05) is 20.8 Å². The first kappa shape index (κ1) is 14.4. The molecule has 0 heterocycles. The fourth-order valence-electron chi connectivity index (χ4n) is 1.58. The molecule has 0 saturated carbocycles. The van der Waals surface area contributed by atoms with Crippen LogP contribution < -0.4 is 4.74 Å². The first-order chi connectivity index (χ1) is 8.56. The molecule has 18 heavy (non-hydrogen) atoms. The lowest BCUT2D eigenvalue weighted by molar-refractivity contribution is 0.269. The predicted octanol–water partition coefficient (Wildman–Crippen LogP) is 3.82. The number of rotatable bonds is 6. The van der Waals surface area contributed by atoms with Crippen molar-refractivity contribution in [3.63, 3.8) is 0 Å². The number of phenols is 1. The van der Waals surface area contributed by atoms with Crippen LogP contribution in [0.5, 0.6) is 11.5 Å². The largest absolute Gasteiger partial charge is 0.508 e. The van der Waals surface area contributed by atoms with Crippen LogP contribution in [0.25, 0.3) is 5.76 Å². The van der Waals surface area contributed by atoms with Gasteiger partial charge in [0.15, 0.2) is 0 Å². The molecule has 0 atom stereocenters. The van der Waals surface area contributed by atoms with E-state index in [0.29, 0.717) is 18.3 Å². The zero-order valence-corrected chi connectivity index (χ0v) is 11.6. The van der Waals surface area contributed by atoms with Gasteiger partial charge in [-0.2, -0.15) is 0 Å². The van der Waals surface area contributed by atoms with E-state index in [-0.39, 0.29) is 5.75 Å². The minimum Gasteiger partial charge on any atom is -0.508 e. The van der Waals surface area contributed by atoms with Gasteiger partial charge in [-0.05, 0) is 30.5 Å². The second-order valence-corrected chi connectivity index (χ2v) is 4.60. The molecule has 1 rings (SSSR count). The Morgan fingerprint density at radius 1 is 1.33 bits per heavy atom. The Morgan fingerprint density at radius 3 is 2.61 bits per heavy atom. The normalized spacial score (nSPS) is 11.7. The predicted molar refractivity (Wildman–Crippen MR) is 73.7 cm³/mol. The van der Waals surface area contributed by atoms with Gasteiger partial charge in [0.25, 0.3) is 0 Å². The summed E-state index contributed by atoms with van der Waals surface area (Å²) in [7, 11) is 1.63. The standard InChI is InChI=1S/C15H22O3/c1-5-6-15(17-4)12-7-13(16)9-14(8-12)18-10-11(2)3/h6-9,11,16H,5,10H2,1-4H3. The second kappa shape index (κ2) is 6.94. The second-order valence-electron chi connectivity index (χ2n) is 4.60. The maximum absolute atomic E-state index is 9.71. The van der Waals surface area contributed by atoms with Crippen molar-refractivity contribution < 1.29 is 14.6 Å². The van der Waals surface area contributed by atoms with Crippen molar-refractivity contribution in [1.29, 1.82) is 0 Å². The van der Waals surface area contributed by atoms with E-state index in [1.807, 2.05) is 19.1 Å². The van der Waals surface area contributed by atoms with Crippen LogP contribution in [0.1, 0.15) is 32.8 Å². The molecule has 1 aromatic carbocycles. The van der Waals surface area contributed by atoms with Crippen LogP contribution in [0, 0.1) is 5.92 Å². The van der Waals surface area contributed by atoms with E-state index >= 15 is 0 Å². The average molecular weight is 250 g/mol. The maximum Gasteiger partial charge on any atom is 0.123 e. The highest BCUT2D eigenvalue weighted by molar-refractivity contribution is 5.63. The van der Waals surface area contributed by atoms with E-state index in [1.54, 1.807) is 19.2 Å². The lowest BCUT2D eigenvalue weighted by Crippen LogP contribution is -2.04. The molecule has 1 aromatic rings. The van der Waals surface area contributed by atoms with Crippen molar-refractivity contribution in [2.75, 3.05) is 13.7 Å². The molecule has 0 aliphatic carbocycles. The number of aromatic hydroxyl groups is 1. The van der Waals surface area contributed by atoms with Crippen molar-refractivity contribution in [2.24, 2.45) is 5.92 Å². The van der Waals surface area contributed by atoms with Gasteiger partial charge in [0.1, 0.15) is 17.3 Å². The van der Waals surface area contributed by atoms with E-state index < -0.39 is 0 Å². The Hall–Kier alpha value is -1.64. The molecule has 0 saturated heterocycles. The van der Waals surface area contributed by atoms with Crippen molar-refractivity contribution in [1.82, 2.24) is 0 Å². The minimum atomic E-state index is 0.185. The van der Waals surface area contributed by atoms with E-state index in [0.717, 1.165) is 17.7 Å². The highest BCUT2D eigenvalue weighted by Gasteiger charge is 2.07. The van der Waals surface area contributed by atoms with Crippen LogP contribution in [0.2, 0.25) is 0 Å². The molecule has 0 spiro atoms. The van der Waals surface area contributed by atoms with Gasteiger partial charge in [0.05, 0.1) is 13.7 Å². The smallest absolute Gasteiger partial charge is 0.123 e. The summed E-state index contributed by atoms with van der Waals surface area (Å²) in [5.74, 6) is 2.05. The van der Waals surface area contributed by atoms with Crippen LogP contribution in [-0.2, 0) is 4.74 Å². The Balaban J connectivity index is 2.96. The van der Waals surface area contributed by atoms with Crippen LogP contribution in [-0.4, -0.2) is 18.8 Å². The third-order valence-electron chi connectivity index (χ3n) is 2.37. The monoisotopic (exact) mass is 250 g/mol. The molecule has 100 valence electrons. The summed E-state index contributed by atoms with van der Waals surface area (Å²) in [4.78, 5) is 0. The molecule has 0 unspecified atom stereocenters. The molecule has 3 nitrogen and oxygen atoms in total. The summed E-state index contributed by atoms with van der Waals surface area (Å²) in [5, 5.41) is 9.71. The van der Waals surface area contributed by atoms with Gasteiger partial charge >= 0.3 is 0 Å². The number of ether oxygens (including phenoxy) is 2. The maximum atomic E-state index is 9.71. The summed E-state index contributed by atoms with van der Waals surface area (Å²) in [6.07, 6.45) is 2.85. The van der Waals surface area contributed by atoms with Crippen molar-refractivity contribution in [3.8, 4) is 11.5 Å². The molecule has 3 heteroatoms. The minimum absolute atomic E-state index is 0.185. The third kappa shape index (κ3) is 4.32. The van der Waals surface area contributed by atoms with E-state index in [4.69, 9.17) is 9.47 Å². The van der Waals surface area contributed by atoms with Gasteiger partial charge in [-0.3, -0.25) is 0 Å². The van der Waals surface area contributed by atoms with Crippen LogP contribution >= 0.6 is 0 Å². The lowest BCUT2D eigenvalue weighted by atomic mass is 10.1. The zero-order chi connectivity index (χ0) is 13.5. The van der Waals surface area contributed by atoms with E-state index in [1.165, 1.54) is 0 Å². The van der Waals surface area contributed by atoms with Gasteiger partial charge in [0, 0.05) is 11.6 Å². The molecular weight excluding hydrogens is 228 g/mol. The fourth-order valence-corrected chi connectivity index (χ4v) is 1.58. The van der Waals surface area contributed by atoms with Crippen LogP contribution in [0.3, 0.4) is 0 Å². The molecule has 0 bridgehead atoms. The Kier molecular flexibility index (Phi) is 5.56. The van der Waals surface area contributed by atoms with Gasteiger partial charge < -0.3 is 14.6 Å². The van der Waals surface area contributed by atoms with Gasteiger partial charge in [0.2, 0.25) is 0 Å². The zero-order valence-electron chi connectivity index (χ0n) is 11.6. The average Bonchev–Trinajstić information content (AvgIpc) is 2.32. The summed E-state index contributed by atoms with van der Waals surface area (Å²) < 4.78 is 10.9. The van der Waals surface area contributed by atoms with Crippen LogP contribution in [0.4, 0.5) is 0 Å². The first-order valence-electron chi connectivity index (χ1n) is 6.28. The molecule has 0 aromatic heterocycles. The van der Waals surface area contributed by atoms with Crippen molar-refractivity contribution in [2.45, 2.75) is 27.2 Å². The van der Waals surface area contributed by atoms with E-state index in [9.17, 15) is 5.11 Å². The number of phenolic OH excluding ortho intramolecular Hbond substituents is 1. The highest BCUT2D eigenvalue weighted by Crippen LogP contribution is 2.27. The lowest BCUT2D eigenvalue weighted by Gasteiger charge is -2.12. The van der Waals surface area contributed by atoms with Gasteiger partial charge in [-0.15, -0.1) is 0 Å². The summed E-state index contributed by atoms with van der Waals surface area (Å²) in [5.41, 5.74) is 0.832. The fraction of sp³-hybridized carbons (Fsp3) is 0.467. The van der Waals surface area contributed by atoms with Crippen LogP contribution in [0.15, 0.2) is 24.3 Å². The molecule has 0 aliphatic rings. The van der Waals surface area contributed by atoms with Crippen molar-refractivity contribution in [3.05, 3.63) is 29.8 Å². The van der Waals surface area contributed by atoms with Crippen molar-refractivity contribution >= 4 is 5.76 Å². The Labute approximate surface area is 109 Å². The number of allylic oxidation sites excluding steroid dienone is 1. The molecule has 0 aliphatic heterocycles. The first-order valence-corrected chi connectivity index (χ1v) is 6.28. The quantitative estimate of drug-likeness (QED) is 0.780. The Morgan fingerprint density at radius 2 is 2.06 bits per heavy atom. The number of hydrogen-bond acceptors (Lipinski definition) is 3. The summed E-state index contributed by atoms with van der Waals surface area (Å²) >= 11 is 0. The third-order valence-corrected chi connectivity index (χ3v) is 2.37. The van der Waals surface area contributed by atoms with Gasteiger partial charge in [-0.25, -0.2) is 0 Å². The summed E-state index contributed by atoms with van der Waals surface area (Å²) in [6.45, 7) is 6.84. The molecule has 0 radical (unpaired) electrons. The SMILES string of the molecule is CCC=C(OC)c1cc(O)cc(OCC(C)C)c1. The molecular formula is C15H22O3. The van der Waals surface area contributed by atoms with E-state index in [2.05, 4.69) is 13.8 Å². The highest BCUT2D eigenvalue weighted by atomic mass is 16.5. The molecule has 0 amide bonds. The Bertz CT molecular complexity index is 408. The number of methoxy groups -OCH3 is 1. The molecule has 0 fully saturated rings. The number of hydrogen-bond donors (Lipinski definition) is 1. The topological polar surface area (TPSA) is 38.7 Å². The molecule has 1 N–H and O–H groups in total.